The summed E-state index contributed by atoms with van der Waals surface area (Å²) in [5.41, 5.74) is 0.868. The van der Waals surface area contributed by atoms with E-state index in [4.69, 9.17) is 15.4 Å². The Bertz CT molecular complexity index is 613. The smallest absolute Gasteiger partial charge is 0.261 e. The second-order valence-corrected chi connectivity index (χ2v) is 7.88. The molecule has 0 atom stereocenters. The van der Waals surface area contributed by atoms with E-state index in [9.17, 15) is 13.2 Å². The number of benzene rings is 1. The number of halogens is 1. The summed E-state index contributed by atoms with van der Waals surface area (Å²) >= 11 is 0. The van der Waals surface area contributed by atoms with Crippen molar-refractivity contribution < 1.29 is 17.9 Å². The van der Waals surface area contributed by atoms with Crippen LogP contribution in [0.1, 0.15) is 29.8 Å². The van der Waals surface area contributed by atoms with Gasteiger partial charge >= 0.3 is 0 Å². The summed E-state index contributed by atoms with van der Waals surface area (Å²) in [7, 11) is 4.65. The number of hydrogen-bond donors (Lipinski definition) is 0. The third-order valence-corrected chi connectivity index (χ3v) is 4.12. The topological polar surface area (TPSA) is 63.7 Å². The van der Waals surface area contributed by atoms with Gasteiger partial charge in [0.25, 0.3) is 15.0 Å². The van der Waals surface area contributed by atoms with Crippen molar-refractivity contribution in [1.29, 1.82) is 0 Å². The third-order valence-electron chi connectivity index (χ3n) is 2.79. The van der Waals surface area contributed by atoms with Crippen molar-refractivity contribution >= 4 is 25.6 Å². The van der Waals surface area contributed by atoms with Crippen molar-refractivity contribution in [1.82, 2.24) is 4.90 Å². The van der Waals surface area contributed by atoms with Gasteiger partial charge in [-0.25, -0.2) is 8.42 Å². The van der Waals surface area contributed by atoms with Crippen molar-refractivity contribution in [2.75, 3.05) is 20.7 Å². The first-order valence-corrected chi connectivity index (χ1v) is 8.79. The quantitative estimate of drug-likeness (QED) is 0.750. The third kappa shape index (κ3) is 5.30. The highest BCUT2D eigenvalue weighted by atomic mass is 35.7. The van der Waals surface area contributed by atoms with Crippen LogP contribution in [0.2, 0.25) is 0 Å². The fourth-order valence-corrected chi connectivity index (χ4v) is 2.85. The highest BCUT2D eigenvalue weighted by Gasteiger charge is 2.18. The Kier molecular flexibility index (Phi) is 6.19. The maximum absolute atomic E-state index is 12.4. The molecule has 1 rings (SSSR count). The Morgan fingerprint density at radius 1 is 1.33 bits per heavy atom. The lowest BCUT2D eigenvalue weighted by Crippen LogP contribution is -2.30. The van der Waals surface area contributed by atoms with Gasteiger partial charge in [-0.2, -0.15) is 0 Å². The summed E-state index contributed by atoms with van der Waals surface area (Å²) < 4.78 is 28.0. The molecule has 0 fully saturated rings. The van der Waals surface area contributed by atoms with Gasteiger partial charge in [-0.05, 0) is 29.7 Å². The number of hydrogen-bond acceptors (Lipinski definition) is 4. The number of carbonyl (C=O) groups is 1. The van der Waals surface area contributed by atoms with Crippen LogP contribution in [-0.4, -0.2) is 39.9 Å². The standard InChI is InChI=1S/C14H20ClNO4S/c1-10(2)8-16(3)14(17)12-5-11(9-20-4)6-13(7-12)21(15,18)19/h5-7,10H,8-9H2,1-4H3. The summed E-state index contributed by atoms with van der Waals surface area (Å²) in [6.07, 6.45) is 0. The van der Waals surface area contributed by atoms with E-state index in [-0.39, 0.29) is 23.0 Å². The second kappa shape index (κ2) is 7.24. The first-order valence-electron chi connectivity index (χ1n) is 6.48. The van der Waals surface area contributed by atoms with Gasteiger partial charge in [0, 0.05) is 36.9 Å². The normalized spacial score (nSPS) is 11.7. The van der Waals surface area contributed by atoms with Crippen LogP contribution in [0.5, 0.6) is 0 Å². The molecule has 1 amide bonds. The predicted molar refractivity (Wildman–Crippen MR) is 82.0 cm³/mol. The molecule has 0 aliphatic heterocycles. The van der Waals surface area contributed by atoms with E-state index in [0.29, 0.717) is 18.0 Å². The summed E-state index contributed by atoms with van der Waals surface area (Å²) in [5.74, 6) is 0.0700. The van der Waals surface area contributed by atoms with Crippen molar-refractivity contribution in [3.8, 4) is 0 Å². The largest absolute Gasteiger partial charge is 0.380 e. The van der Waals surface area contributed by atoms with Crippen molar-refractivity contribution in [2.24, 2.45) is 5.92 Å². The van der Waals surface area contributed by atoms with Crippen LogP contribution >= 0.6 is 10.7 Å². The molecule has 0 unspecified atom stereocenters. The number of nitrogens with zero attached hydrogens (tertiary/aromatic N) is 1. The zero-order valence-electron chi connectivity index (χ0n) is 12.6. The van der Waals surface area contributed by atoms with Gasteiger partial charge in [-0.1, -0.05) is 13.8 Å². The van der Waals surface area contributed by atoms with E-state index in [2.05, 4.69) is 0 Å². The van der Waals surface area contributed by atoms with Crippen LogP contribution < -0.4 is 0 Å². The zero-order valence-corrected chi connectivity index (χ0v) is 14.2. The van der Waals surface area contributed by atoms with Gasteiger partial charge in [0.2, 0.25) is 0 Å². The molecule has 0 N–H and O–H groups in total. The van der Waals surface area contributed by atoms with Crippen LogP contribution in [0.15, 0.2) is 23.1 Å². The second-order valence-electron chi connectivity index (χ2n) is 5.32. The Balaban J connectivity index is 3.22. The van der Waals surface area contributed by atoms with Gasteiger partial charge in [0.1, 0.15) is 0 Å². The van der Waals surface area contributed by atoms with Crippen molar-refractivity contribution in [3.05, 3.63) is 29.3 Å². The fourth-order valence-electron chi connectivity index (χ4n) is 2.03. The molecule has 7 heteroatoms. The molecular weight excluding hydrogens is 314 g/mol. The van der Waals surface area contributed by atoms with E-state index in [1.165, 1.54) is 19.2 Å². The van der Waals surface area contributed by atoms with E-state index in [1.807, 2.05) is 13.8 Å². The molecular formula is C14H20ClNO4S. The van der Waals surface area contributed by atoms with Crippen LogP contribution in [0.4, 0.5) is 0 Å². The maximum Gasteiger partial charge on any atom is 0.261 e. The van der Waals surface area contributed by atoms with Crippen molar-refractivity contribution in [3.63, 3.8) is 0 Å². The molecule has 0 aromatic heterocycles. The Labute approximate surface area is 130 Å². The van der Waals surface area contributed by atoms with E-state index < -0.39 is 9.05 Å². The molecule has 0 spiro atoms. The van der Waals surface area contributed by atoms with Crippen molar-refractivity contribution in [2.45, 2.75) is 25.3 Å². The Morgan fingerprint density at radius 2 is 1.95 bits per heavy atom. The molecule has 5 nitrogen and oxygen atoms in total. The molecule has 0 heterocycles. The molecule has 0 radical (unpaired) electrons. The van der Waals surface area contributed by atoms with Crippen LogP contribution in [0.3, 0.4) is 0 Å². The SMILES string of the molecule is COCc1cc(C(=O)N(C)CC(C)C)cc(S(=O)(=O)Cl)c1. The molecule has 0 bridgehead atoms. The number of methoxy groups -OCH3 is 1. The lowest BCUT2D eigenvalue weighted by atomic mass is 10.1. The van der Waals surface area contributed by atoms with Crippen LogP contribution in [0.25, 0.3) is 0 Å². The minimum Gasteiger partial charge on any atom is -0.380 e. The first kappa shape index (κ1) is 17.9. The van der Waals surface area contributed by atoms with Gasteiger partial charge in [-0.3, -0.25) is 4.79 Å². The average Bonchev–Trinajstić information content (AvgIpc) is 2.36. The average molecular weight is 334 g/mol. The minimum absolute atomic E-state index is 0.0972. The lowest BCUT2D eigenvalue weighted by Gasteiger charge is -2.20. The molecule has 1 aromatic carbocycles. The predicted octanol–water partition coefficient (Wildman–Crippen LogP) is 2.49. The summed E-state index contributed by atoms with van der Waals surface area (Å²) in [6.45, 7) is 4.78. The highest BCUT2D eigenvalue weighted by molar-refractivity contribution is 8.13. The first-order chi connectivity index (χ1) is 9.65. The summed E-state index contributed by atoms with van der Waals surface area (Å²) in [4.78, 5) is 13.8. The van der Waals surface area contributed by atoms with Gasteiger partial charge in [-0.15, -0.1) is 0 Å². The molecule has 21 heavy (non-hydrogen) atoms. The van der Waals surface area contributed by atoms with E-state index in [0.717, 1.165) is 0 Å². The number of rotatable bonds is 6. The molecule has 118 valence electrons. The molecule has 0 aliphatic rings. The zero-order chi connectivity index (χ0) is 16.2. The minimum atomic E-state index is -3.90. The lowest BCUT2D eigenvalue weighted by molar-refractivity contribution is 0.0778. The van der Waals surface area contributed by atoms with Gasteiger partial charge in [0.15, 0.2) is 0 Å². The fraction of sp³-hybridized carbons (Fsp3) is 0.500. The summed E-state index contributed by atoms with van der Waals surface area (Å²) in [6, 6.07) is 4.32. The van der Waals surface area contributed by atoms with E-state index in [1.54, 1.807) is 18.0 Å². The monoisotopic (exact) mass is 333 g/mol. The molecule has 1 aromatic rings. The highest BCUT2D eigenvalue weighted by Crippen LogP contribution is 2.20. The van der Waals surface area contributed by atoms with Gasteiger partial charge < -0.3 is 9.64 Å². The summed E-state index contributed by atoms with van der Waals surface area (Å²) in [5, 5.41) is 0. The Hall–Kier alpha value is -1.11. The van der Waals surface area contributed by atoms with E-state index >= 15 is 0 Å². The Morgan fingerprint density at radius 3 is 2.43 bits per heavy atom. The van der Waals surface area contributed by atoms with Crippen LogP contribution in [0, 0.1) is 5.92 Å². The maximum atomic E-state index is 12.4. The number of amides is 1. The number of carbonyl (C=O) groups excluding carboxylic acids is 1. The molecule has 0 aliphatic carbocycles. The number of ether oxygens (including phenoxy) is 1. The van der Waals surface area contributed by atoms with Crippen LogP contribution in [-0.2, 0) is 20.4 Å². The van der Waals surface area contributed by atoms with Gasteiger partial charge in [0.05, 0.1) is 11.5 Å². The molecule has 0 saturated carbocycles. The molecule has 0 saturated heterocycles.